The van der Waals surface area contributed by atoms with Gasteiger partial charge in [0.05, 0.1) is 7.11 Å². The van der Waals surface area contributed by atoms with Gasteiger partial charge in [0.1, 0.15) is 17.1 Å². The summed E-state index contributed by atoms with van der Waals surface area (Å²) in [5.41, 5.74) is 2.06. The molecular formula is C17H15NO4S. The van der Waals surface area contributed by atoms with Crippen molar-refractivity contribution in [3.63, 3.8) is 0 Å². The first kappa shape index (κ1) is 15.3. The maximum absolute atomic E-state index is 12.8. The van der Waals surface area contributed by atoms with Gasteiger partial charge in [-0.05, 0) is 42.1 Å². The molecule has 0 aliphatic rings. The number of fused-ring (bicyclic) bond motifs is 1. The fraction of sp³-hybridized carbons (Fsp3) is 0.176. The second-order valence-electron chi connectivity index (χ2n) is 5.22. The molecule has 0 aliphatic heterocycles. The minimum absolute atomic E-state index is 0.122. The molecule has 5 nitrogen and oxygen atoms in total. The van der Waals surface area contributed by atoms with Crippen LogP contribution in [0.4, 0.5) is 0 Å². The lowest BCUT2D eigenvalue weighted by atomic mass is 10.0. The number of aryl methyl sites for hydroxylation is 1. The van der Waals surface area contributed by atoms with Gasteiger partial charge in [-0.3, -0.25) is 9.59 Å². The topological polar surface area (TPSA) is 68.5 Å². The Kier molecular flexibility index (Phi) is 3.92. The van der Waals surface area contributed by atoms with Crippen molar-refractivity contribution in [3.05, 3.63) is 52.5 Å². The van der Waals surface area contributed by atoms with Crippen LogP contribution >= 0.6 is 11.3 Å². The molecule has 0 saturated heterocycles. The minimum Gasteiger partial charge on any atom is -0.497 e. The highest BCUT2D eigenvalue weighted by atomic mass is 32.1. The van der Waals surface area contributed by atoms with Crippen molar-refractivity contribution in [2.24, 2.45) is 0 Å². The van der Waals surface area contributed by atoms with Crippen LogP contribution in [-0.4, -0.2) is 28.5 Å². The number of hydrogen-bond acceptors (Lipinski definition) is 4. The highest BCUT2D eigenvalue weighted by Crippen LogP contribution is 2.32. The predicted octanol–water partition coefficient (Wildman–Crippen LogP) is 3.34. The molecule has 0 radical (unpaired) electrons. The van der Waals surface area contributed by atoms with Crippen molar-refractivity contribution >= 4 is 33.3 Å². The Bertz CT molecular complexity index is 889. The molecule has 0 bridgehead atoms. The lowest BCUT2D eigenvalue weighted by Gasteiger charge is -2.02. The van der Waals surface area contributed by atoms with Gasteiger partial charge in [-0.2, -0.15) is 0 Å². The van der Waals surface area contributed by atoms with Gasteiger partial charge in [0.15, 0.2) is 5.78 Å². The number of rotatable bonds is 5. The summed E-state index contributed by atoms with van der Waals surface area (Å²) in [6, 6.07) is 6.89. The summed E-state index contributed by atoms with van der Waals surface area (Å²) in [5.74, 6) is -0.374. The number of carboxylic acids is 1. The molecule has 6 heteroatoms. The maximum Gasteiger partial charge on any atom is 0.323 e. The SMILES string of the molecule is COc1ccc(C(=O)c2cn(CC(=O)O)c3scc(C)c23)cc1. The van der Waals surface area contributed by atoms with Crippen molar-refractivity contribution in [1.82, 2.24) is 4.57 Å². The zero-order valence-electron chi connectivity index (χ0n) is 12.7. The molecule has 0 aliphatic carbocycles. The van der Waals surface area contributed by atoms with Crippen molar-refractivity contribution in [2.45, 2.75) is 13.5 Å². The Labute approximate surface area is 136 Å². The highest BCUT2D eigenvalue weighted by molar-refractivity contribution is 7.17. The summed E-state index contributed by atoms with van der Waals surface area (Å²) in [4.78, 5) is 24.6. The summed E-state index contributed by atoms with van der Waals surface area (Å²) in [5, 5.41) is 11.8. The van der Waals surface area contributed by atoms with Gasteiger partial charge in [0, 0.05) is 22.7 Å². The van der Waals surface area contributed by atoms with Crippen LogP contribution in [0.25, 0.3) is 10.2 Å². The average molecular weight is 329 g/mol. The molecule has 2 aromatic heterocycles. The summed E-state index contributed by atoms with van der Waals surface area (Å²) in [6.07, 6.45) is 1.63. The monoisotopic (exact) mass is 329 g/mol. The number of carbonyl (C=O) groups excluding carboxylic acids is 1. The number of carbonyl (C=O) groups is 2. The van der Waals surface area contributed by atoms with E-state index < -0.39 is 5.97 Å². The molecule has 3 aromatic rings. The lowest BCUT2D eigenvalue weighted by Crippen LogP contribution is -2.07. The number of aliphatic carboxylic acids is 1. The molecule has 0 spiro atoms. The number of methoxy groups -OCH3 is 1. The van der Waals surface area contributed by atoms with Gasteiger partial charge in [-0.15, -0.1) is 11.3 Å². The molecular weight excluding hydrogens is 314 g/mol. The Morgan fingerprint density at radius 3 is 2.57 bits per heavy atom. The van der Waals surface area contributed by atoms with Gasteiger partial charge in [-0.25, -0.2) is 0 Å². The van der Waals surface area contributed by atoms with Crippen molar-refractivity contribution < 1.29 is 19.4 Å². The van der Waals surface area contributed by atoms with Crippen LogP contribution < -0.4 is 4.74 Å². The zero-order chi connectivity index (χ0) is 16.6. The Morgan fingerprint density at radius 2 is 1.96 bits per heavy atom. The molecule has 0 amide bonds. The molecule has 0 saturated carbocycles. The van der Waals surface area contributed by atoms with Crippen LogP contribution in [0.2, 0.25) is 0 Å². The van der Waals surface area contributed by atoms with E-state index in [1.807, 2.05) is 12.3 Å². The van der Waals surface area contributed by atoms with E-state index in [-0.39, 0.29) is 12.3 Å². The number of thiophene rings is 1. The van der Waals surface area contributed by atoms with E-state index in [1.54, 1.807) is 42.1 Å². The van der Waals surface area contributed by atoms with E-state index in [4.69, 9.17) is 9.84 Å². The molecule has 0 atom stereocenters. The number of nitrogens with zero attached hydrogens (tertiary/aromatic N) is 1. The second kappa shape index (κ2) is 5.89. The van der Waals surface area contributed by atoms with Crippen LogP contribution in [0, 0.1) is 6.92 Å². The molecule has 3 rings (SSSR count). The third kappa shape index (κ3) is 2.73. The van der Waals surface area contributed by atoms with Gasteiger partial charge in [0.25, 0.3) is 0 Å². The van der Waals surface area contributed by atoms with Crippen molar-refractivity contribution in [1.29, 1.82) is 0 Å². The smallest absolute Gasteiger partial charge is 0.323 e. The standard InChI is InChI=1S/C17H15NO4S/c1-10-9-23-17-15(10)13(7-18(17)8-14(19)20)16(21)11-3-5-12(22-2)6-4-11/h3-7,9H,8H2,1-2H3,(H,19,20). The van der Waals surface area contributed by atoms with Crippen molar-refractivity contribution in [3.8, 4) is 5.75 Å². The number of ether oxygens (including phenoxy) is 1. The number of benzene rings is 1. The van der Waals surface area contributed by atoms with Crippen LogP contribution in [0.5, 0.6) is 5.75 Å². The van der Waals surface area contributed by atoms with E-state index in [1.165, 1.54) is 11.3 Å². The van der Waals surface area contributed by atoms with Gasteiger partial charge < -0.3 is 14.4 Å². The maximum atomic E-state index is 12.8. The summed E-state index contributed by atoms with van der Waals surface area (Å²) in [7, 11) is 1.57. The third-order valence-electron chi connectivity index (χ3n) is 3.67. The highest BCUT2D eigenvalue weighted by Gasteiger charge is 2.20. The summed E-state index contributed by atoms with van der Waals surface area (Å²) < 4.78 is 6.72. The van der Waals surface area contributed by atoms with Crippen LogP contribution in [0.15, 0.2) is 35.8 Å². The largest absolute Gasteiger partial charge is 0.497 e. The Balaban J connectivity index is 2.08. The average Bonchev–Trinajstić information content (AvgIpc) is 3.08. The molecule has 0 unspecified atom stereocenters. The minimum atomic E-state index is -0.934. The van der Waals surface area contributed by atoms with Crippen LogP contribution in [0.3, 0.4) is 0 Å². The fourth-order valence-corrected chi connectivity index (χ4v) is 3.63. The first-order chi connectivity index (χ1) is 11.0. The normalized spacial score (nSPS) is 10.9. The van der Waals surface area contributed by atoms with Gasteiger partial charge in [0.2, 0.25) is 0 Å². The zero-order valence-corrected chi connectivity index (χ0v) is 13.5. The molecule has 0 fully saturated rings. The number of hydrogen-bond donors (Lipinski definition) is 1. The molecule has 1 N–H and O–H groups in total. The summed E-state index contributed by atoms with van der Waals surface area (Å²) in [6.45, 7) is 1.76. The fourth-order valence-electron chi connectivity index (χ4n) is 2.58. The molecule has 23 heavy (non-hydrogen) atoms. The Hall–Kier alpha value is -2.60. The molecule has 118 valence electrons. The summed E-state index contributed by atoms with van der Waals surface area (Å²) >= 11 is 1.45. The van der Waals surface area contributed by atoms with Gasteiger partial charge >= 0.3 is 5.97 Å². The van der Waals surface area contributed by atoms with Gasteiger partial charge in [-0.1, -0.05) is 0 Å². The predicted molar refractivity (Wildman–Crippen MR) is 88.6 cm³/mol. The first-order valence-electron chi connectivity index (χ1n) is 6.98. The van der Waals surface area contributed by atoms with E-state index in [2.05, 4.69) is 0 Å². The first-order valence-corrected chi connectivity index (χ1v) is 7.86. The van der Waals surface area contributed by atoms with Crippen LogP contribution in [-0.2, 0) is 11.3 Å². The van der Waals surface area contributed by atoms with E-state index >= 15 is 0 Å². The van der Waals surface area contributed by atoms with E-state index in [9.17, 15) is 9.59 Å². The molecule has 2 heterocycles. The number of aromatic nitrogens is 1. The van der Waals surface area contributed by atoms with Crippen LogP contribution in [0.1, 0.15) is 21.5 Å². The number of ketones is 1. The Morgan fingerprint density at radius 1 is 1.26 bits per heavy atom. The quantitative estimate of drug-likeness (QED) is 0.729. The lowest BCUT2D eigenvalue weighted by molar-refractivity contribution is -0.137. The van der Waals surface area contributed by atoms with E-state index in [0.29, 0.717) is 16.9 Å². The van der Waals surface area contributed by atoms with E-state index in [0.717, 1.165) is 15.8 Å². The second-order valence-corrected chi connectivity index (χ2v) is 6.08. The number of carboxylic acid groups (broad SMARTS) is 1. The van der Waals surface area contributed by atoms with Crippen molar-refractivity contribution in [2.75, 3.05) is 7.11 Å². The third-order valence-corrected chi connectivity index (χ3v) is 4.81. The molecule has 1 aromatic carbocycles.